The Labute approximate surface area is 183 Å². The van der Waals surface area contributed by atoms with Crippen molar-refractivity contribution in [3.63, 3.8) is 0 Å². The van der Waals surface area contributed by atoms with E-state index >= 15 is 0 Å². The van der Waals surface area contributed by atoms with Crippen molar-refractivity contribution >= 4 is 38.6 Å². The number of benzene rings is 2. The summed E-state index contributed by atoms with van der Waals surface area (Å²) >= 11 is 1.74. The van der Waals surface area contributed by atoms with E-state index in [9.17, 15) is 0 Å². The summed E-state index contributed by atoms with van der Waals surface area (Å²) in [7, 11) is 0. The molecule has 0 fully saturated rings. The van der Waals surface area contributed by atoms with Crippen LogP contribution in [0.15, 0.2) is 66.9 Å². The van der Waals surface area contributed by atoms with Crippen LogP contribution in [0.5, 0.6) is 5.75 Å². The fourth-order valence-electron chi connectivity index (χ4n) is 3.44. The molecule has 0 amide bonds. The summed E-state index contributed by atoms with van der Waals surface area (Å²) in [5.74, 6) is 1.52. The summed E-state index contributed by atoms with van der Waals surface area (Å²) in [6, 6.07) is 20.4. The number of thiophene rings is 1. The van der Waals surface area contributed by atoms with Crippen LogP contribution in [0.3, 0.4) is 0 Å². The van der Waals surface area contributed by atoms with Crippen LogP contribution < -0.4 is 10.1 Å². The third-order valence-corrected chi connectivity index (χ3v) is 6.20. The minimum Gasteiger partial charge on any atom is -0.493 e. The highest BCUT2D eigenvalue weighted by Gasteiger charge is 2.12. The van der Waals surface area contributed by atoms with Gasteiger partial charge in [0.05, 0.1) is 17.7 Å². The van der Waals surface area contributed by atoms with Gasteiger partial charge in [-0.15, -0.1) is 16.4 Å². The number of fused-ring (bicyclic) bond motifs is 2. The van der Waals surface area contributed by atoms with Crippen molar-refractivity contribution < 1.29 is 9.84 Å². The summed E-state index contributed by atoms with van der Waals surface area (Å²) in [4.78, 5) is 5.65. The van der Waals surface area contributed by atoms with Crippen molar-refractivity contribution in [3.05, 3.63) is 72.4 Å². The molecule has 7 heteroatoms. The number of nitrogens with one attached hydrogen (secondary N) is 1. The van der Waals surface area contributed by atoms with E-state index in [1.165, 1.54) is 10.1 Å². The Bertz CT molecular complexity index is 1330. The smallest absolute Gasteiger partial charge is 0.154 e. The average Bonchev–Trinajstić information content (AvgIpc) is 3.39. The molecule has 3 aromatic heterocycles. The summed E-state index contributed by atoms with van der Waals surface area (Å²) in [6.45, 7) is 2.61. The lowest BCUT2D eigenvalue weighted by Gasteiger charge is -2.12. The highest BCUT2D eigenvalue weighted by Crippen LogP contribution is 2.33. The fourth-order valence-corrected chi connectivity index (χ4v) is 4.50. The van der Waals surface area contributed by atoms with Crippen molar-refractivity contribution in [1.82, 2.24) is 14.6 Å². The lowest BCUT2D eigenvalue weighted by molar-refractivity contribution is 0.233. The van der Waals surface area contributed by atoms with Gasteiger partial charge in [0.1, 0.15) is 11.4 Å². The number of hydrogen-bond acceptors (Lipinski definition) is 6. The molecule has 6 nitrogen and oxygen atoms in total. The Hall–Kier alpha value is -3.42. The van der Waals surface area contributed by atoms with Gasteiger partial charge in [-0.2, -0.15) is 0 Å². The highest BCUT2D eigenvalue weighted by molar-refractivity contribution is 7.22. The number of ether oxygens (including phenoxy) is 1. The number of aryl methyl sites for hydroxylation is 1. The second kappa shape index (κ2) is 8.37. The summed E-state index contributed by atoms with van der Waals surface area (Å²) in [5.41, 5.74) is 3.71. The van der Waals surface area contributed by atoms with Crippen LogP contribution in [0.4, 0.5) is 11.5 Å². The summed E-state index contributed by atoms with van der Waals surface area (Å²) in [5, 5.41) is 18.3. The SMILES string of the molecule is Cc1ccc(Nc2ccc3ncc(-c4cc5ccccc5s4)n3n2)cc1OCCCO. The Morgan fingerprint density at radius 2 is 2.00 bits per heavy atom. The Kier molecular flexibility index (Phi) is 5.28. The van der Waals surface area contributed by atoms with Crippen molar-refractivity contribution in [2.45, 2.75) is 13.3 Å². The molecule has 5 rings (SSSR count). The predicted octanol–water partition coefficient (Wildman–Crippen LogP) is 5.42. The van der Waals surface area contributed by atoms with Crippen LogP contribution in [-0.2, 0) is 0 Å². The van der Waals surface area contributed by atoms with Crippen molar-refractivity contribution in [2.24, 2.45) is 0 Å². The van der Waals surface area contributed by atoms with E-state index in [1.54, 1.807) is 11.3 Å². The summed E-state index contributed by atoms with van der Waals surface area (Å²) < 4.78 is 8.91. The number of aromatic nitrogens is 3. The van der Waals surface area contributed by atoms with E-state index in [-0.39, 0.29) is 6.61 Å². The third-order valence-electron chi connectivity index (χ3n) is 5.06. The highest BCUT2D eigenvalue weighted by atomic mass is 32.1. The number of anilines is 2. The molecular formula is C24H22N4O2S. The molecule has 0 spiro atoms. The van der Waals surface area contributed by atoms with Crippen molar-refractivity contribution in [3.8, 4) is 16.3 Å². The zero-order valence-corrected chi connectivity index (χ0v) is 17.9. The van der Waals surface area contributed by atoms with Crippen LogP contribution in [-0.4, -0.2) is 32.9 Å². The number of aliphatic hydroxyl groups is 1. The molecule has 0 atom stereocenters. The fraction of sp³-hybridized carbons (Fsp3) is 0.167. The van der Waals surface area contributed by atoms with Crippen molar-refractivity contribution in [1.29, 1.82) is 0 Å². The topological polar surface area (TPSA) is 71.7 Å². The number of hydrogen-bond donors (Lipinski definition) is 2. The third kappa shape index (κ3) is 3.97. The molecule has 3 heterocycles. The Balaban J connectivity index is 1.45. The Morgan fingerprint density at radius 1 is 1.10 bits per heavy atom. The molecule has 156 valence electrons. The van der Waals surface area contributed by atoms with Gasteiger partial charge < -0.3 is 15.2 Å². The predicted molar refractivity (Wildman–Crippen MR) is 125 cm³/mol. The maximum absolute atomic E-state index is 8.97. The van der Waals surface area contributed by atoms with Gasteiger partial charge in [0, 0.05) is 29.5 Å². The average molecular weight is 431 g/mol. The monoisotopic (exact) mass is 430 g/mol. The molecule has 0 saturated heterocycles. The minimum absolute atomic E-state index is 0.119. The molecule has 0 aliphatic rings. The van der Waals surface area contributed by atoms with Gasteiger partial charge in [-0.1, -0.05) is 24.3 Å². The van der Waals surface area contributed by atoms with Crippen LogP contribution in [0.2, 0.25) is 0 Å². The Morgan fingerprint density at radius 3 is 2.87 bits per heavy atom. The van der Waals surface area contributed by atoms with Gasteiger partial charge in [0.2, 0.25) is 0 Å². The molecule has 2 N–H and O–H groups in total. The molecule has 31 heavy (non-hydrogen) atoms. The van der Waals surface area contributed by atoms with E-state index in [0.717, 1.165) is 39.0 Å². The first-order chi connectivity index (χ1) is 15.2. The van der Waals surface area contributed by atoms with Crippen LogP contribution in [0, 0.1) is 6.92 Å². The van der Waals surface area contributed by atoms with Gasteiger partial charge in [-0.3, -0.25) is 0 Å². The van der Waals surface area contributed by atoms with Crippen LogP contribution >= 0.6 is 11.3 Å². The second-order valence-corrected chi connectivity index (χ2v) is 8.40. The molecular weight excluding hydrogens is 408 g/mol. The normalized spacial score (nSPS) is 11.3. The molecule has 0 bridgehead atoms. The van der Waals surface area contributed by atoms with E-state index in [1.807, 2.05) is 48.0 Å². The van der Waals surface area contributed by atoms with E-state index in [0.29, 0.717) is 13.0 Å². The first kappa shape index (κ1) is 19.5. The van der Waals surface area contributed by atoms with Gasteiger partial charge in [0.15, 0.2) is 11.5 Å². The van der Waals surface area contributed by atoms with E-state index in [4.69, 9.17) is 14.9 Å². The first-order valence-corrected chi connectivity index (χ1v) is 11.0. The largest absolute Gasteiger partial charge is 0.493 e. The number of rotatable bonds is 7. The first-order valence-electron chi connectivity index (χ1n) is 10.2. The maximum atomic E-state index is 8.97. The molecule has 0 aliphatic heterocycles. The van der Waals surface area contributed by atoms with Gasteiger partial charge in [-0.25, -0.2) is 9.50 Å². The van der Waals surface area contributed by atoms with Crippen molar-refractivity contribution in [2.75, 3.05) is 18.5 Å². The second-order valence-electron chi connectivity index (χ2n) is 7.31. The van der Waals surface area contributed by atoms with Gasteiger partial charge in [-0.05, 0) is 48.2 Å². The quantitative estimate of drug-likeness (QED) is 0.337. The van der Waals surface area contributed by atoms with Gasteiger partial charge >= 0.3 is 0 Å². The molecule has 0 radical (unpaired) electrons. The molecule has 2 aromatic carbocycles. The maximum Gasteiger partial charge on any atom is 0.154 e. The molecule has 0 aliphatic carbocycles. The minimum atomic E-state index is 0.119. The zero-order chi connectivity index (χ0) is 21.2. The lowest BCUT2D eigenvalue weighted by atomic mass is 10.2. The summed E-state index contributed by atoms with van der Waals surface area (Å²) in [6.07, 6.45) is 2.48. The van der Waals surface area contributed by atoms with Crippen LogP contribution in [0.25, 0.3) is 26.3 Å². The standard InChI is InChI=1S/C24H22N4O2S/c1-16-7-8-18(14-20(16)30-12-4-11-29)26-23-9-10-24-25-15-19(28(24)27-23)22-13-17-5-2-3-6-21(17)31-22/h2-3,5-10,13-15,29H,4,11-12H2,1H3,(H,26,27). The number of aliphatic hydroxyl groups excluding tert-OH is 1. The zero-order valence-electron chi connectivity index (χ0n) is 17.1. The molecule has 0 unspecified atom stereocenters. The lowest BCUT2D eigenvalue weighted by Crippen LogP contribution is -2.03. The molecule has 5 aromatic rings. The molecule has 0 saturated carbocycles. The number of nitrogens with zero attached hydrogens (tertiary/aromatic N) is 3. The van der Waals surface area contributed by atoms with E-state index in [2.05, 4.69) is 40.6 Å². The number of imidazole rings is 1. The van der Waals surface area contributed by atoms with Gasteiger partial charge in [0.25, 0.3) is 0 Å². The van der Waals surface area contributed by atoms with Crippen LogP contribution in [0.1, 0.15) is 12.0 Å². The van der Waals surface area contributed by atoms with E-state index < -0.39 is 0 Å².